The van der Waals surface area contributed by atoms with Gasteiger partial charge in [-0.1, -0.05) is 24.3 Å². The standard InChI is InChI=1S/C17H15F3N2O3S/c1-26(24,25)22-15-8-3-2-7-14(15)21-16(23)10-9-12-5-4-6-13(11-12)17(18,19)20/h2-11,22H,1H3,(H,21,23)/b10-9-. The van der Waals surface area contributed by atoms with Gasteiger partial charge < -0.3 is 5.32 Å². The molecule has 2 aromatic rings. The highest BCUT2D eigenvalue weighted by atomic mass is 32.2. The monoisotopic (exact) mass is 384 g/mol. The molecule has 1 amide bonds. The highest BCUT2D eigenvalue weighted by Gasteiger charge is 2.30. The zero-order chi connectivity index (χ0) is 19.4. The summed E-state index contributed by atoms with van der Waals surface area (Å²) >= 11 is 0. The van der Waals surface area contributed by atoms with Gasteiger partial charge in [0, 0.05) is 6.08 Å². The number of anilines is 2. The Balaban J connectivity index is 2.14. The molecule has 0 aliphatic carbocycles. The number of alkyl halides is 3. The SMILES string of the molecule is CS(=O)(=O)Nc1ccccc1NC(=O)/C=C\c1cccc(C(F)(F)F)c1. The van der Waals surface area contributed by atoms with Gasteiger partial charge in [0.05, 0.1) is 23.2 Å². The second kappa shape index (κ2) is 7.61. The van der Waals surface area contributed by atoms with Gasteiger partial charge in [0.15, 0.2) is 0 Å². The summed E-state index contributed by atoms with van der Waals surface area (Å²) in [5.74, 6) is -0.620. The molecule has 138 valence electrons. The first-order valence-corrected chi connectivity index (χ1v) is 9.17. The van der Waals surface area contributed by atoms with Gasteiger partial charge in [-0.05, 0) is 35.9 Å². The molecule has 0 heterocycles. The lowest BCUT2D eigenvalue weighted by Crippen LogP contribution is -2.14. The van der Waals surface area contributed by atoms with Crippen molar-refractivity contribution in [2.45, 2.75) is 6.18 Å². The fourth-order valence-electron chi connectivity index (χ4n) is 2.05. The molecular formula is C17H15F3N2O3S. The van der Waals surface area contributed by atoms with Crippen LogP contribution in [0.5, 0.6) is 0 Å². The molecule has 0 spiro atoms. The minimum Gasteiger partial charge on any atom is -0.321 e. The number of hydrogen-bond acceptors (Lipinski definition) is 3. The quantitative estimate of drug-likeness (QED) is 0.772. The van der Waals surface area contributed by atoms with Gasteiger partial charge in [-0.2, -0.15) is 13.2 Å². The first kappa shape index (κ1) is 19.5. The number of halogens is 3. The van der Waals surface area contributed by atoms with Gasteiger partial charge in [0.2, 0.25) is 15.9 Å². The molecule has 2 N–H and O–H groups in total. The molecule has 2 aromatic carbocycles. The Bertz CT molecular complexity index is 938. The summed E-state index contributed by atoms with van der Waals surface area (Å²) in [7, 11) is -3.54. The van der Waals surface area contributed by atoms with Crippen molar-refractivity contribution >= 4 is 33.4 Å². The van der Waals surface area contributed by atoms with E-state index in [0.717, 1.165) is 24.5 Å². The van der Waals surface area contributed by atoms with Crippen molar-refractivity contribution in [3.05, 3.63) is 65.7 Å². The van der Waals surface area contributed by atoms with E-state index in [-0.39, 0.29) is 16.9 Å². The molecule has 5 nitrogen and oxygen atoms in total. The second-order valence-corrected chi connectivity index (χ2v) is 7.11. The number of para-hydroxylation sites is 2. The molecule has 0 aliphatic heterocycles. The average Bonchev–Trinajstić information content (AvgIpc) is 2.53. The van der Waals surface area contributed by atoms with E-state index in [1.54, 1.807) is 12.1 Å². The van der Waals surface area contributed by atoms with Gasteiger partial charge in [-0.25, -0.2) is 8.42 Å². The normalized spacial score (nSPS) is 12.2. The Labute approximate surface area is 148 Å². The zero-order valence-corrected chi connectivity index (χ0v) is 14.4. The van der Waals surface area contributed by atoms with Gasteiger partial charge >= 0.3 is 6.18 Å². The van der Waals surface area contributed by atoms with Crippen LogP contribution in [0.15, 0.2) is 54.6 Å². The summed E-state index contributed by atoms with van der Waals surface area (Å²) in [4.78, 5) is 12.0. The number of rotatable bonds is 5. The number of carbonyl (C=O) groups excluding carboxylic acids is 1. The van der Waals surface area contributed by atoms with Crippen LogP contribution in [0.4, 0.5) is 24.5 Å². The number of carbonyl (C=O) groups is 1. The van der Waals surface area contributed by atoms with E-state index in [2.05, 4.69) is 10.0 Å². The number of benzene rings is 2. The van der Waals surface area contributed by atoms with Crippen LogP contribution < -0.4 is 10.0 Å². The highest BCUT2D eigenvalue weighted by molar-refractivity contribution is 7.92. The third kappa shape index (κ3) is 5.92. The highest BCUT2D eigenvalue weighted by Crippen LogP contribution is 2.29. The minimum atomic E-state index is -4.47. The molecule has 0 radical (unpaired) electrons. The lowest BCUT2D eigenvalue weighted by Gasteiger charge is -2.10. The van der Waals surface area contributed by atoms with E-state index in [1.807, 2.05) is 0 Å². The Morgan fingerprint density at radius 3 is 2.31 bits per heavy atom. The number of sulfonamides is 1. The van der Waals surface area contributed by atoms with Crippen molar-refractivity contribution in [1.29, 1.82) is 0 Å². The lowest BCUT2D eigenvalue weighted by atomic mass is 10.1. The predicted octanol–water partition coefficient (Wildman–Crippen LogP) is 3.73. The molecule has 0 aromatic heterocycles. The molecule has 0 bridgehead atoms. The van der Waals surface area contributed by atoms with Crippen LogP contribution >= 0.6 is 0 Å². The molecule has 0 unspecified atom stereocenters. The molecule has 0 atom stereocenters. The molecule has 0 saturated carbocycles. The van der Waals surface area contributed by atoms with Gasteiger partial charge in [0.25, 0.3) is 0 Å². The molecular weight excluding hydrogens is 369 g/mol. The summed E-state index contributed by atoms with van der Waals surface area (Å²) in [6.07, 6.45) is -1.20. The summed E-state index contributed by atoms with van der Waals surface area (Å²) in [6.45, 7) is 0. The number of hydrogen-bond donors (Lipinski definition) is 2. The van der Waals surface area contributed by atoms with E-state index in [0.29, 0.717) is 0 Å². The fraction of sp³-hybridized carbons (Fsp3) is 0.118. The summed E-state index contributed by atoms with van der Waals surface area (Å²) < 4.78 is 63.0. The Morgan fingerprint density at radius 2 is 1.69 bits per heavy atom. The summed E-state index contributed by atoms with van der Waals surface area (Å²) in [5, 5.41) is 2.47. The first-order chi connectivity index (χ1) is 12.0. The summed E-state index contributed by atoms with van der Waals surface area (Å²) in [5.41, 5.74) is -0.215. The predicted molar refractivity (Wildman–Crippen MR) is 94.0 cm³/mol. The minimum absolute atomic E-state index is 0.177. The maximum atomic E-state index is 12.7. The van der Waals surface area contributed by atoms with E-state index < -0.39 is 27.7 Å². The van der Waals surface area contributed by atoms with Crippen molar-refractivity contribution in [1.82, 2.24) is 0 Å². The maximum Gasteiger partial charge on any atom is 0.416 e. The van der Waals surface area contributed by atoms with Crippen LogP contribution in [0, 0.1) is 0 Å². The topological polar surface area (TPSA) is 75.3 Å². The van der Waals surface area contributed by atoms with Crippen molar-refractivity contribution < 1.29 is 26.4 Å². The molecule has 0 aliphatic rings. The van der Waals surface area contributed by atoms with Crippen LogP contribution in [0.25, 0.3) is 6.08 Å². The van der Waals surface area contributed by atoms with Crippen molar-refractivity contribution in [2.24, 2.45) is 0 Å². The van der Waals surface area contributed by atoms with Gasteiger partial charge in [-0.15, -0.1) is 0 Å². The Kier molecular flexibility index (Phi) is 5.71. The number of nitrogens with one attached hydrogen (secondary N) is 2. The summed E-state index contributed by atoms with van der Waals surface area (Å²) in [6, 6.07) is 10.7. The van der Waals surface area contributed by atoms with E-state index in [4.69, 9.17) is 0 Å². The molecule has 0 fully saturated rings. The third-order valence-corrected chi connectivity index (χ3v) is 3.71. The largest absolute Gasteiger partial charge is 0.416 e. The average molecular weight is 384 g/mol. The van der Waals surface area contributed by atoms with Crippen LogP contribution in [0.2, 0.25) is 0 Å². The van der Waals surface area contributed by atoms with Crippen molar-refractivity contribution in [2.75, 3.05) is 16.3 Å². The van der Waals surface area contributed by atoms with E-state index in [9.17, 15) is 26.4 Å². The van der Waals surface area contributed by atoms with Crippen LogP contribution in [0.3, 0.4) is 0 Å². The fourth-order valence-corrected chi connectivity index (χ4v) is 2.62. The third-order valence-electron chi connectivity index (χ3n) is 3.12. The smallest absolute Gasteiger partial charge is 0.321 e. The van der Waals surface area contributed by atoms with Gasteiger partial charge in [0.1, 0.15) is 0 Å². The van der Waals surface area contributed by atoms with E-state index in [1.165, 1.54) is 30.3 Å². The van der Waals surface area contributed by atoms with Crippen LogP contribution in [0.1, 0.15) is 11.1 Å². The molecule has 2 rings (SSSR count). The van der Waals surface area contributed by atoms with Crippen molar-refractivity contribution in [3.63, 3.8) is 0 Å². The van der Waals surface area contributed by atoms with Gasteiger partial charge in [-0.3, -0.25) is 9.52 Å². The molecule has 26 heavy (non-hydrogen) atoms. The first-order valence-electron chi connectivity index (χ1n) is 7.28. The molecule has 9 heteroatoms. The lowest BCUT2D eigenvalue weighted by molar-refractivity contribution is -0.137. The second-order valence-electron chi connectivity index (χ2n) is 5.37. The van der Waals surface area contributed by atoms with Crippen LogP contribution in [-0.2, 0) is 21.0 Å². The van der Waals surface area contributed by atoms with E-state index >= 15 is 0 Å². The van der Waals surface area contributed by atoms with Crippen molar-refractivity contribution in [3.8, 4) is 0 Å². The number of amides is 1. The Hall–Kier alpha value is -2.81. The maximum absolute atomic E-state index is 12.7. The van der Waals surface area contributed by atoms with Crippen LogP contribution in [-0.4, -0.2) is 20.6 Å². The Morgan fingerprint density at radius 1 is 1.04 bits per heavy atom. The zero-order valence-electron chi connectivity index (χ0n) is 13.5. The molecule has 0 saturated heterocycles.